The second-order valence-electron chi connectivity index (χ2n) is 23.7. The number of aliphatic carboxylic acids is 1. The summed E-state index contributed by atoms with van der Waals surface area (Å²) >= 11 is 0. The third-order valence-electron chi connectivity index (χ3n) is 15.0. The summed E-state index contributed by atoms with van der Waals surface area (Å²) in [6.07, 6.45) is 1.90. The van der Waals surface area contributed by atoms with Crippen LogP contribution in [0.25, 0.3) is 0 Å². The number of carboxylic acids is 1. The second kappa shape index (κ2) is 41.5. The molecule has 0 aliphatic carbocycles. The van der Waals surface area contributed by atoms with Crippen LogP contribution in [0.1, 0.15) is 158 Å². The van der Waals surface area contributed by atoms with Gasteiger partial charge in [0.25, 0.3) is 0 Å². The minimum Gasteiger partial charge on any atom is -0.481 e. The fourth-order valence-corrected chi connectivity index (χ4v) is 9.58. The van der Waals surface area contributed by atoms with Crippen LogP contribution in [0, 0.1) is 23.7 Å². The molecule has 1 rings (SSSR count). The zero-order chi connectivity index (χ0) is 67.7. The van der Waals surface area contributed by atoms with Gasteiger partial charge in [0.15, 0.2) is 5.96 Å². The molecule has 0 bridgehead atoms. The predicted octanol–water partition coefficient (Wildman–Crippen LogP) is -4.37. The van der Waals surface area contributed by atoms with E-state index in [4.69, 9.17) is 40.1 Å². The molecule has 0 saturated carbocycles. The maximum atomic E-state index is 14.3. The summed E-state index contributed by atoms with van der Waals surface area (Å²) in [5.74, 6) is -12.5. The average molecular weight is 1270 g/mol. The van der Waals surface area contributed by atoms with Crippen molar-refractivity contribution in [2.45, 2.75) is 219 Å². The number of likely N-dealkylation sites (tertiary alicyclic amines) is 1. The molecule has 32 nitrogen and oxygen atoms in total. The third kappa shape index (κ3) is 29.9. The Balaban J connectivity index is 3.33. The van der Waals surface area contributed by atoms with E-state index in [-0.39, 0.29) is 83.0 Å². The molecule has 1 aliphatic rings. The Bertz CT molecular complexity index is 2410. The van der Waals surface area contributed by atoms with E-state index in [9.17, 15) is 67.4 Å². The smallest absolute Gasteiger partial charge is 0.303 e. The van der Waals surface area contributed by atoms with Crippen LogP contribution in [-0.2, 0) is 62.3 Å². The van der Waals surface area contributed by atoms with Gasteiger partial charge in [-0.1, -0.05) is 61.8 Å². The van der Waals surface area contributed by atoms with E-state index in [1.165, 1.54) is 4.90 Å². The number of primary amides is 2. The van der Waals surface area contributed by atoms with Crippen molar-refractivity contribution in [1.29, 1.82) is 0 Å². The zero-order valence-corrected chi connectivity index (χ0v) is 53.1. The highest BCUT2D eigenvalue weighted by molar-refractivity contribution is 5.99. The molecule has 506 valence electrons. The highest BCUT2D eigenvalue weighted by Crippen LogP contribution is 2.21. The largest absolute Gasteiger partial charge is 0.481 e. The molecule has 1 aliphatic heterocycles. The van der Waals surface area contributed by atoms with E-state index in [1.807, 2.05) is 0 Å². The number of nitrogens with two attached hydrogens (primary N) is 7. The lowest BCUT2D eigenvalue weighted by Gasteiger charge is -2.32. The summed E-state index contributed by atoms with van der Waals surface area (Å²) in [5, 5.41) is 33.1. The summed E-state index contributed by atoms with van der Waals surface area (Å²) < 4.78 is 0. The Morgan fingerprint density at radius 2 is 1.03 bits per heavy atom. The van der Waals surface area contributed by atoms with Crippen molar-refractivity contribution >= 4 is 82.8 Å². The first kappa shape index (κ1) is 79.3. The molecule has 1 heterocycles. The Morgan fingerprint density at radius 1 is 0.551 bits per heavy atom. The standard InChI is InChI=1S/C57H104N18O14/c1-9-33(8)46(55(88)71-39(28-30(2)3)52(85)68-35(47(62)80)20-22-41(61)76)74-50(83)37(18-11-13-25-59)69-49(82)36(17-10-12-24-58)67-42(77)29-66-53(86)40-19-15-27-75(40)56(89)45(32(6)7)73-51(84)38(21-23-43(78)79)70-54(87)44(31(4)5)72-48(81)34(60)16-14-26-65-57(63)64/h30-40,44-46H,9-29,58-60H2,1-8H3,(H2,61,76)(H2,62,80)(H,66,86)(H,67,77)(H,68,85)(H,69,82)(H,70,87)(H,71,88)(H,72,81)(H,73,84)(H,74,83)(H,78,79)(H4,63,64,65)/t33-,34-,35-,36-,37-,38-,39-,40+,44-,45-,46-/m0/s1. The fourth-order valence-electron chi connectivity index (χ4n) is 9.58. The van der Waals surface area contributed by atoms with E-state index in [0.29, 0.717) is 44.9 Å². The molecule has 24 N–H and O–H groups in total. The SMILES string of the molecule is CC[C@H](C)[C@H](NC(=O)[C@H](CCCCN)NC(=O)[C@H](CCCCN)NC(=O)CNC(=O)[C@H]1CCCN1C(=O)[C@@H](NC(=O)[C@H](CCC(=O)O)NC(=O)[C@@H](NC(=O)[C@@H](N)CCCN=C(N)N)C(C)C)C(C)C)C(=O)N[C@@H](CC(C)C)C(=O)N[C@@H](CCC(N)=O)C(N)=O. The van der Waals surface area contributed by atoms with Gasteiger partial charge in [0.2, 0.25) is 70.9 Å². The Hall–Kier alpha value is -7.74. The number of nitrogens with zero attached hydrogens (tertiary/aromatic N) is 2. The lowest BCUT2D eigenvalue weighted by Crippen LogP contribution is -2.61. The van der Waals surface area contributed by atoms with Gasteiger partial charge < -0.3 is 98.0 Å². The molecule has 0 aromatic carbocycles. The molecule has 0 spiro atoms. The molecule has 0 aromatic heterocycles. The van der Waals surface area contributed by atoms with Gasteiger partial charge in [-0.3, -0.25) is 67.3 Å². The first-order chi connectivity index (χ1) is 41.8. The predicted molar refractivity (Wildman–Crippen MR) is 330 cm³/mol. The Kier molecular flexibility index (Phi) is 36.9. The van der Waals surface area contributed by atoms with Crippen molar-refractivity contribution in [2.75, 3.05) is 32.7 Å². The molecule has 1 fully saturated rings. The summed E-state index contributed by atoms with van der Waals surface area (Å²) in [4.78, 5) is 179. The highest BCUT2D eigenvalue weighted by atomic mass is 16.4. The molecule has 89 heavy (non-hydrogen) atoms. The number of amides is 12. The number of aliphatic imine (C=N–C) groups is 1. The van der Waals surface area contributed by atoms with Gasteiger partial charge >= 0.3 is 5.97 Å². The summed E-state index contributed by atoms with van der Waals surface area (Å²) in [6.45, 7) is 13.8. The van der Waals surface area contributed by atoms with Crippen LogP contribution < -0.4 is 88.0 Å². The van der Waals surface area contributed by atoms with Gasteiger partial charge in [-0.15, -0.1) is 0 Å². The van der Waals surface area contributed by atoms with Gasteiger partial charge in [-0.2, -0.15) is 0 Å². The van der Waals surface area contributed by atoms with Crippen molar-refractivity contribution in [2.24, 2.45) is 68.8 Å². The number of hydrogen-bond donors (Lipinski definition) is 17. The lowest BCUT2D eigenvalue weighted by atomic mass is 9.96. The maximum absolute atomic E-state index is 14.3. The summed E-state index contributed by atoms with van der Waals surface area (Å²) in [5.41, 5.74) is 39.0. The van der Waals surface area contributed by atoms with E-state index in [0.717, 1.165) is 0 Å². The third-order valence-corrected chi connectivity index (χ3v) is 15.0. The quantitative estimate of drug-likeness (QED) is 0.0156. The minimum atomic E-state index is -1.50. The van der Waals surface area contributed by atoms with E-state index < -0.39 is 174 Å². The molecular formula is C57H104N18O14. The molecular weight excluding hydrogens is 1160 g/mol. The van der Waals surface area contributed by atoms with Crippen LogP contribution in [0.2, 0.25) is 0 Å². The number of nitrogens with one attached hydrogen (secondary N) is 9. The number of carboxylic acid groups (broad SMARTS) is 1. The highest BCUT2D eigenvalue weighted by Gasteiger charge is 2.41. The van der Waals surface area contributed by atoms with E-state index in [1.54, 1.807) is 55.4 Å². The molecule has 0 radical (unpaired) electrons. The molecule has 11 atom stereocenters. The van der Waals surface area contributed by atoms with Crippen LogP contribution in [-0.4, -0.2) is 186 Å². The topological polar surface area (TPSA) is 548 Å². The minimum absolute atomic E-state index is 0.0531. The van der Waals surface area contributed by atoms with Crippen LogP contribution in [0.4, 0.5) is 0 Å². The van der Waals surface area contributed by atoms with Gasteiger partial charge in [0, 0.05) is 25.9 Å². The first-order valence-electron chi connectivity index (χ1n) is 30.8. The molecule has 1 saturated heterocycles. The van der Waals surface area contributed by atoms with Gasteiger partial charge in [0.1, 0.15) is 54.4 Å². The van der Waals surface area contributed by atoms with Crippen molar-refractivity contribution < 1.29 is 67.4 Å². The number of carbonyl (C=O) groups is 13. The number of carbonyl (C=O) groups excluding carboxylic acids is 12. The van der Waals surface area contributed by atoms with Gasteiger partial charge in [-0.05, 0) is 120 Å². The van der Waals surface area contributed by atoms with Crippen molar-refractivity contribution in [3.8, 4) is 0 Å². The van der Waals surface area contributed by atoms with Crippen molar-refractivity contribution in [3.05, 3.63) is 0 Å². The number of hydrogen-bond acceptors (Lipinski definition) is 17. The Morgan fingerprint density at radius 3 is 1.55 bits per heavy atom. The van der Waals surface area contributed by atoms with Crippen molar-refractivity contribution in [1.82, 2.24) is 52.8 Å². The van der Waals surface area contributed by atoms with Crippen LogP contribution in [0.15, 0.2) is 4.99 Å². The van der Waals surface area contributed by atoms with Crippen molar-refractivity contribution in [3.63, 3.8) is 0 Å². The molecule has 0 aromatic rings. The maximum Gasteiger partial charge on any atom is 0.303 e. The van der Waals surface area contributed by atoms with Gasteiger partial charge in [-0.25, -0.2) is 0 Å². The molecule has 0 unspecified atom stereocenters. The molecule has 32 heteroatoms. The van der Waals surface area contributed by atoms with Crippen LogP contribution in [0.3, 0.4) is 0 Å². The number of rotatable bonds is 44. The number of unbranched alkanes of at least 4 members (excludes halogenated alkanes) is 2. The molecule has 12 amide bonds. The summed E-state index contributed by atoms with van der Waals surface area (Å²) in [7, 11) is 0. The van der Waals surface area contributed by atoms with Crippen LogP contribution in [0.5, 0.6) is 0 Å². The average Bonchev–Trinajstić information content (AvgIpc) is 2.25. The summed E-state index contributed by atoms with van der Waals surface area (Å²) in [6, 6.07) is -12.4. The Labute approximate surface area is 521 Å². The second-order valence-corrected chi connectivity index (χ2v) is 23.7. The fraction of sp³-hybridized carbons (Fsp3) is 0.754. The number of guanidine groups is 1. The lowest BCUT2D eigenvalue weighted by molar-refractivity contribution is -0.143. The zero-order valence-electron chi connectivity index (χ0n) is 53.1. The first-order valence-corrected chi connectivity index (χ1v) is 30.8. The monoisotopic (exact) mass is 1260 g/mol. The normalized spacial score (nSPS) is 16.3. The van der Waals surface area contributed by atoms with Gasteiger partial charge in [0.05, 0.1) is 12.6 Å². The van der Waals surface area contributed by atoms with E-state index >= 15 is 0 Å². The van der Waals surface area contributed by atoms with E-state index in [2.05, 4.69) is 52.8 Å². The van der Waals surface area contributed by atoms with Crippen LogP contribution >= 0.6 is 0 Å².